The molecule has 5 rings (SSSR count). The van der Waals surface area contributed by atoms with E-state index in [1.54, 1.807) is 29.6 Å². The highest BCUT2D eigenvalue weighted by atomic mass is 32.2. The number of hydrogen-bond donors (Lipinski definition) is 3. The van der Waals surface area contributed by atoms with E-state index in [1.165, 1.54) is 29.5 Å². The van der Waals surface area contributed by atoms with Gasteiger partial charge in [0.1, 0.15) is 16.9 Å². The van der Waals surface area contributed by atoms with Crippen molar-refractivity contribution in [2.75, 3.05) is 18.9 Å². The highest BCUT2D eigenvalue weighted by molar-refractivity contribution is 7.90. The van der Waals surface area contributed by atoms with Gasteiger partial charge in [-0.1, -0.05) is 32.8 Å². The van der Waals surface area contributed by atoms with Gasteiger partial charge in [0.2, 0.25) is 27.7 Å². The van der Waals surface area contributed by atoms with Gasteiger partial charge in [-0.15, -0.1) is 17.9 Å². The molecule has 15 heteroatoms. The second kappa shape index (κ2) is 16.0. The highest BCUT2D eigenvalue weighted by Crippen LogP contribution is 2.40. The first-order valence-electron chi connectivity index (χ1n) is 17.2. The molecule has 3 N–H and O–H groups in total. The standard InChI is InChI=1S/C35H46FN5O7S2/c1-5-21-16-28(32(43)40-50(46,47)24-10-11-24)30(21)39-31(42)25-18-23(19-26(25)34(44)41(4)14-7-6-8-20(2)3)48-35(45)38-29-12-9-22(36)17-27(29)33-37-13-15-49-33/h5,9,12-13,15,17,20-21,23-26,28,30H,1,6-8,10-11,14,16,18-19H2,2-4H3,(H,38,45)(H,39,42)(H,40,43)/t21-,23-,25-,26-,28?,30?/m1/s1. The number of thiazole rings is 1. The van der Waals surface area contributed by atoms with Crippen molar-refractivity contribution in [3.63, 3.8) is 0 Å². The zero-order chi connectivity index (χ0) is 36.2. The molecule has 0 radical (unpaired) electrons. The fraction of sp³-hybridized carbons (Fsp3) is 0.571. The maximum atomic E-state index is 14.1. The maximum absolute atomic E-state index is 14.1. The Balaban J connectivity index is 1.28. The van der Waals surface area contributed by atoms with Crippen LogP contribution in [0.5, 0.6) is 0 Å². The van der Waals surface area contributed by atoms with Crippen LogP contribution in [0, 0.1) is 35.4 Å². The number of benzene rings is 1. The van der Waals surface area contributed by atoms with Crippen molar-refractivity contribution in [2.45, 2.75) is 82.6 Å². The first-order valence-corrected chi connectivity index (χ1v) is 19.6. The van der Waals surface area contributed by atoms with Crippen molar-refractivity contribution in [1.29, 1.82) is 0 Å². The minimum Gasteiger partial charge on any atom is -0.446 e. The van der Waals surface area contributed by atoms with Crippen LogP contribution < -0.4 is 15.4 Å². The molecular weight excluding hydrogens is 686 g/mol. The van der Waals surface area contributed by atoms with Crippen LogP contribution in [-0.2, 0) is 29.1 Å². The van der Waals surface area contributed by atoms with Crippen LogP contribution in [0.3, 0.4) is 0 Å². The average Bonchev–Trinajstić information content (AvgIpc) is 3.63. The predicted molar refractivity (Wildman–Crippen MR) is 188 cm³/mol. The summed E-state index contributed by atoms with van der Waals surface area (Å²) in [6.07, 6.45) is 5.84. The first kappa shape index (κ1) is 37.4. The summed E-state index contributed by atoms with van der Waals surface area (Å²) in [5, 5.41) is 7.24. The lowest BCUT2D eigenvalue weighted by Gasteiger charge is -2.43. The highest BCUT2D eigenvalue weighted by Gasteiger charge is 2.50. The summed E-state index contributed by atoms with van der Waals surface area (Å²) < 4.78 is 46.9. The number of unbranched alkanes of at least 4 members (excludes halogenated alkanes) is 1. The van der Waals surface area contributed by atoms with Gasteiger partial charge in [-0.25, -0.2) is 22.6 Å². The molecule has 2 unspecified atom stereocenters. The van der Waals surface area contributed by atoms with Gasteiger partial charge in [0.05, 0.1) is 28.7 Å². The molecule has 12 nitrogen and oxygen atoms in total. The fourth-order valence-corrected chi connectivity index (χ4v) is 8.78. The van der Waals surface area contributed by atoms with E-state index in [1.807, 2.05) is 0 Å². The fourth-order valence-electron chi connectivity index (χ4n) is 6.75. The summed E-state index contributed by atoms with van der Waals surface area (Å²) in [6, 6.07) is 3.18. The molecule has 3 fully saturated rings. The molecule has 4 amide bonds. The Hall–Kier alpha value is -3.85. The minimum atomic E-state index is -3.77. The number of sulfonamides is 1. The number of amides is 4. The Bertz CT molecular complexity index is 1680. The van der Waals surface area contributed by atoms with E-state index in [9.17, 15) is 32.0 Å². The second-order valence-electron chi connectivity index (χ2n) is 14.0. The molecule has 3 aliphatic rings. The predicted octanol–water partition coefficient (Wildman–Crippen LogP) is 5.09. The van der Waals surface area contributed by atoms with E-state index in [4.69, 9.17) is 4.74 Å². The van der Waals surface area contributed by atoms with Crippen LogP contribution in [0.25, 0.3) is 10.6 Å². The second-order valence-corrected chi connectivity index (χ2v) is 16.9. The summed E-state index contributed by atoms with van der Waals surface area (Å²) in [7, 11) is -2.07. The number of aromatic nitrogens is 1. The third kappa shape index (κ3) is 9.08. The number of carbonyl (C=O) groups is 4. The molecule has 0 saturated heterocycles. The van der Waals surface area contributed by atoms with Crippen LogP contribution in [0.2, 0.25) is 0 Å². The van der Waals surface area contributed by atoms with Crippen molar-refractivity contribution in [1.82, 2.24) is 19.9 Å². The van der Waals surface area contributed by atoms with E-state index in [0.717, 1.165) is 19.3 Å². The molecule has 1 aromatic carbocycles. The SMILES string of the molecule is C=C[C@@H]1CC(C(=O)NS(=O)(=O)C2CC2)C1NC(=O)[C@@H]1C[C@@H](OC(=O)Nc2ccc(F)cc2-c2nccs2)C[C@H]1C(=O)N(C)CCCCC(C)C. The number of nitrogens with zero attached hydrogens (tertiary/aromatic N) is 2. The molecular formula is C35H46FN5O7S2. The van der Waals surface area contributed by atoms with Gasteiger partial charge in [0.25, 0.3) is 0 Å². The number of anilines is 1. The number of hydrogen-bond acceptors (Lipinski definition) is 9. The number of halogens is 1. The van der Waals surface area contributed by atoms with Gasteiger partial charge in [-0.05, 0) is 68.6 Å². The van der Waals surface area contributed by atoms with Gasteiger partial charge < -0.3 is 15.0 Å². The lowest BCUT2D eigenvalue weighted by Crippen LogP contribution is -2.60. The monoisotopic (exact) mass is 731 g/mol. The van der Waals surface area contributed by atoms with Gasteiger partial charge in [0.15, 0.2) is 0 Å². The van der Waals surface area contributed by atoms with Crippen LogP contribution in [0.4, 0.5) is 14.9 Å². The smallest absolute Gasteiger partial charge is 0.411 e. The third-order valence-electron chi connectivity index (χ3n) is 9.80. The normalized spacial score (nSPS) is 24.6. The molecule has 1 heterocycles. The molecule has 2 aromatic rings. The van der Waals surface area contributed by atoms with Crippen molar-refractivity contribution in [2.24, 2.45) is 29.6 Å². The van der Waals surface area contributed by atoms with E-state index in [-0.39, 0.29) is 24.7 Å². The Kier molecular flexibility index (Phi) is 12.0. The minimum absolute atomic E-state index is 0.0536. The summed E-state index contributed by atoms with van der Waals surface area (Å²) in [6.45, 7) is 8.60. The molecule has 0 aliphatic heterocycles. The summed E-state index contributed by atoms with van der Waals surface area (Å²) in [5.74, 6) is -4.07. The van der Waals surface area contributed by atoms with Crippen molar-refractivity contribution >= 4 is 50.9 Å². The summed E-state index contributed by atoms with van der Waals surface area (Å²) in [5.41, 5.74) is 0.675. The van der Waals surface area contributed by atoms with E-state index in [2.05, 4.69) is 40.8 Å². The van der Waals surface area contributed by atoms with Gasteiger partial charge >= 0.3 is 6.09 Å². The number of rotatable bonds is 15. The van der Waals surface area contributed by atoms with Crippen LogP contribution in [0.1, 0.15) is 65.2 Å². The summed E-state index contributed by atoms with van der Waals surface area (Å²) in [4.78, 5) is 59.7. The largest absolute Gasteiger partial charge is 0.446 e. The van der Waals surface area contributed by atoms with Crippen LogP contribution in [-0.4, -0.2) is 73.1 Å². The Labute approximate surface area is 296 Å². The maximum Gasteiger partial charge on any atom is 0.411 e. The van der Waals surface area contributed by atoms with E-state index in [0.29, 0.717) is 48.0 Å². The number of ether oxygens (including phenoxy) is 1. The first-order chi connectivity index (χ1) is 23.8. The lowest BCUT2D eigenvalue weighted by atomic mass is 9.69. The molecule has 272 valence electrons. The Morgan fingerprint density at radius 1 is 1.10 bits per heavy atom. The quantitative estimate of drug-likeness (QED) is 0.169. The zero-order valence-electron chi connectivity index (χ0n) is 28.6. The number of carbonyl (C=O) groups excluding carboxylic acids is 4. The van der Waals surface area contributed by atoms with Crippen LogP contribution in [0.15, 0.2) is 42.4 Å². The zero-order valence-corrected chi connectivity index (χ0v) is 30.2. The molecule has 3 aliphatic carbocycles. The molecule has 0 spiro atoms. The lowest BCUT2D eigenvalue weighted by molar-refractivity contribution is -0.141. The van der Waals surface area contributed by atoms with E-state index >= 15 is 0 Å². The molecule has 1 aromatic heterocycles. The topological polar surface area (TPSA) is 164 Å². The summed E-state index contributed by atoms with van der Waals surface area (Å²) >= 11 is 1.28. The molecule has 50 heavy (non-hydrogen) atoms. The van der Waals surface area contributed by atoms with Crippen molar-refractivity contribution < 1.29 is 36.7 Å². The Morgan fingerprint density at radius 2 is 1.84 bits per heavy atom. The van der Waals surface area contributed by atoms with Crippen LogP contribution >= 0.6 is 11.3 Å². The third-order valence-corrected chi connectivity index (χ3v) is 12.4. The van der Waals surface area contributed by atoms with Crippen molar-refractivity contribution in [3.05, 3.63) is 48.2 Å². The Morgan fingerprint density at radius 3 is 2.50 bits per heavy atom. The van der Waals surface area contributed by atoms with Gasteiger partial charge in [0, 0.05) is 36.8 Å². The average molecular weight is 732 g/mol. The molecule has 6 atom stereocenters. The van der Waals surface area contributed by atoms with Gasteiger partial charge in [-0.2, -0.15) is 0 Å². The van der Waals surface area contributed by atoms with Crippen molar-refractivity contribution in [3.8, 4) is 10.6 Å². The number of nitrogens with one attached hydrogen (secondary N) is 3. The molecule has 0 bridgehead atoms. The molecule has 3 saturated carbocycles. The van der Waals surface area contributed by atoms with E-state index < -0.39 is 68.9 Å². The van der Waals surface area contributed by atoms with Gasteiger partial charge in [-0.3, -0.25) is 24.4 Å².